The third-order valence-corrected chi connectivity index (χ3v) is 4.17. The van der Waals surface area contributed by atoms with Crippen molar-refractivity contribution in [1.29, 1.82) is 0 Å². The van der Waals surface area contributed by atoms with Gasteiger partial charge in [0.15, 0.2) is 0 Å². The van der Waals surface area contributed by atoms with Crippen LogP contribution in [0.5, 0.6) is 0 Å². The van der Waals surface area contributed by atoms with E-state index < -0.39 is 0 Å². The summed E-state index contributed by atoms with van der Waals surface area (Å²) in [6.45, 7) is 1.77. The van der Waals surface area contributed by atoms with Gasteiger partial charge in [-0.05, 0) is 12.3 Å². The van der Waals surface area contributed by atoms with E-state index in [2.05, 4.69) is 14.5 Å². The summed E-state index contributed by atoms with van der Waals surface area (Å²) in [4.78, 5) is 22.3. The number of nitrogens with zero attached hydrogens (tertiary/aromatic N) is 4. The van der Waals surface area contributed by atoms with E-state index in [9.17, 15) is 4.79 Å². The van der Waals surface area contributed by atoms with Crippen LogP contribution in [-0.4, -0.2) is 38.9 Å². The molecule has 19 heavy (non-hydrogen) atoms. The lowest BCUT2D eigenvalue weighted by Crippen LogP contribution is -2.35. The Balaban J connectivity index is 1.62. The SMILES string of the molecule is CN(C[C@@H]1CCn2ccnc2C1)C(=O)c1cscn1. The van der Waals surface area contributed by atoms with Crippen LogP contribution in [0.4, 0.5) is 0 Å². The van der Waals surface area contributed by atoms with Gasteiger partial charge in [-0.1, -0.05) is 0 Å². The van der Waals surface area contributed by atoms with E-state index >= 15 is 0 Å². The largest absolute Gasteiger partial charge is 0.340 e. The van der Waals surface area contributed by atoms with Gasteiger partial charge in [0, 0.05) is 44.3 Å². The number of amides is 1. The van der Waals surface area contributed by atoms with E-state index in [4.69, 9.17) is 0 Å². The molecule has 0 aromatic carbocycles. The smallest absolute Gasteiger partial charge is 0.273 e. The van der Waals surface area contributed by atoms with Gasteiger partial charge in [-0.2, -0.15) is 0 Å². The molecule has 0 saturated heterocycles. The van der Waals surface area contributed by atoms with Crippen molar-refractivity contribution in [3.63, 3.8) is 0 Å². The zero-order chi connectivity index (χ0) is 13.2. The van der Waals surface area contributed by atoms with Crippen LogP contribution >= 0.6 is 11.3 Å². The van der Waals surface area contributed by atoms with Crippen LogP contribution in [0.3, 0.4) is 0 Å². The summed E-state index contributed by atoms with van der Waals surface area (Å²) in [5.74, 6) is 1.63. The van der Waals surface area contributed by atoms with Gasteiger partial charge >= 0.3 is 0 Å². The van der Waals surface area contributed by atoms with Crippen LogP contribution < -0.4 is 0 Å². The Labute approximate surface area is 115 Å². The molecule has 0 N–H and O–H groups in total. The second-order valence-electron chi connectivity index (χ2n) is 4.96. The molecule has 0 unspecified atom stereocenters. The maximum Gasteiger partial charge on any atom is 0.273 e. The van der Waals surface area contributed by atoms with Gasteiger partial charge in [0.1, 0.15) is 11.5 Å². The average Bonchev–Trinajstić information content (AvgIpc) is 3.08. The Morgan fingerprint density at radius 3 is 3.26 bits per heavy atom. The number of aromatic nitrogens is 3. The van der Waals surface area contributed by atoms with Crippen LogP contribution in [0, 0.1) is 5.92 Å². The average molecular weight is 276 g/mol. The van der Waals surface area contributed by atoms with Crippen molar-refractivity contribution in [3.8, 4) is 0 Å². The number of hydrogen-bond donors (Lipinski definition) is 0. The van der Waals surface area contributed by atoms with Crippen LogP contribution in [0.1, 0.15) is 22.7 Å². The lowest BCUT2D eigenvalue weighted by molar-refractivity contribution is 0.0759. The number of imidazole rings is 1. The summed E-state index contributed by atoms with van der Waals surface area (Å²) < 4.78 is 2.19. The molecule has 1 aliphatic rings. The standard InChI is InChI=1S/C13H16N4OS/c1-16(13(18)11-8-19-9-15-11)7-10-2-4-17-5-3-14-12(17)6-10/h3,5,8-10H,2,4,6-7H2,1H3/t10-/m1/s1. The quantitative estimate of drug-likeness (QED) is 0.857. The van der Waals surface area contributed by atoms with Gasteiger partial charge in [-0.15, -0.1) is 11.3 Å². The maximum absolute atomic E-state index is 12.1. The first-order valence-corrected chi connectivity index (χ1v) is 7.32. The van der Waals surface area contributed by atoms with E-state index in [1.54, 1.807) is 15.8 Å². The molecule has 0 fully saturated rings. The molecule has 6 heteroatoms. The van der Waals surface area contributed by atoms with Gasteiger partial charge in [0.25, 0.3) is 5.91 Å². The Bertz CT molecular complexity index is 563. The number of aryl methyl sites for hydroxylation is 1. The van der Waals surface area contributed by atoms with Crippen molar-refractivity contribution in [2.45, 2.75) is 19.4 Å². The van der Waals surface area contributed by atoms with Crippen molar-refractivity contribution in [2.24, 2.45) is 5.92 Å². The molecule has 1 atom stereocenters. The van der Waals surface area contributed by atoms with E-state index in [1.807, 2.05) is 19.4 Å². The number of hydrogen-bond acceptors (Lipinski definition) is 4. The predicted molar refractivity (Wildman–Crippen MR) is 73.1 cm³/mol. The third kappa shape index (κ3) is 2.53. The van der Waals surface area contributed by atoms with Crippen LogP contribution in [0.2, 0.25) is 0 Å². The molecule has 0 bridgehead atoms. The van der Waals surface area contributed by atoms with Crippen LogP contribution in [0.15, 0.2) is 23.3 Å². The summed E-state index contributed by atoms with van der Waals surface area (Å²) in [7, 11) is 1.85. The van der Waals surface area contributed by atoms with Gasteiger partial charge in [0.05, 0.1) is 5.51 Å². The molecular formula is C13H16N4OS. The third-order valence-electron chi connectivity index (χ3n) is 3.58. The number of fused-ring (bicyclic) bond motifs is 1. The van der Waals surface area contributed by atoms with Gasteiger partial charge in [-0.25, -0.2) is 9.97 Å². The number of rotatable bonds is 3. The molecule has 100 valence electrons. The Morgan fingerprint density at radius 1 is 1.58 bits per heavy atom. The lowest BCUT2D eigenvalue weighted by Gasteiger charge is -2.27. The lowest BCUT2D eigenvalue weighted by atomic mass is 9.97. The maximum atomic E-state index is 12.1. The highest BCUT2D eigenvalue weighted by Gasteiger charge is 2.23. The van der Waals surface area contributed by atoms with Crippen molar-refractivity contribution in [2.75, 3.05) is 13.6 Å². The van der Waals surface area contributed by atoms with Gasteiger partial charge in [0.2, 0.25) is 0 Å². The minimum absolute atomic E-state index is 0.00941. The summed E-state index contributed by atoms with van der Waals surface area (Å²) in [5.41, 5.74) is 2.24. The molecule has 0 radical (unpaired) electrons. The molecule has 3 rings (SSSR count). The number of carbonyl (C=O) groups is 1. The molecule has 1 aliphatic heterocycles. The molecule has 3 heterocycles. The molecule has 0 spiro atoms. The number of carbonyl (C=O) groups excluding carboxylic acids is 1. The summed E-state index contributed by atoms with van der Waals surface area (Å²) in [6, 6.07) is 0. The van der Waals surface area contributed by atoms with Gasteiger partial charge in [-0.3, -0.25) is 4.79 Å². The normalized spacial score (nSPS) is 18.1. The monoisotopic (exact) mass is 276 g/mol. The molecule has 0 saturated carbocycles. The molecule has 5 nitrogen and oxygen atoms in total. The highest BCUT2D eigenvalue weighted by Crippen LogP contribution is 2.20. The van der Waals surface area contributed by atoms with Crippen LogP contribution in [-0.2, 0) is 13.0 Å². The zero-order valence-electron chi connectivity index (χ0n) is 10.8. The first-order chi connectivity index (χ1) is 9.24. The Morgan fingerprint density at radius 2 is 2.47 bits per heavy atom. The Hall–Kier alpha value is -1.69. The van der Waals surface area contributed by atoms with E-state index in [-0.39, 0.29) is 5.91 Å². The fourth-order valence-corrected chi connectivity index (χ4v) is 3.08. The van der Waals surface area contributed by atoms with E-state index in [0.717, 1.165) is 31.8 Å². The summed E-state index contributed by atoms with van der Waals surface area (Å²) in [5, 5.41) is 1.80. The zero-order valence-corrected chi connectivity index (χ0v) is 11.6. The van der Waals surface area contributed by atoms with Gasteiger partial charge < -0.3 is 9.47 Å². The fourth-order valence-electron chi connectivity index (χ4n) is 2.56. The van der Waals surface area contributed by atoms with E-state index in [1.165, 1.54) is 11.3 Å². The van der Waals surface area contributed by atoms with Crippen molar-refractivity contribution < 1.29 is 4.79 Å². The number of thiazole rings is 1. The Kier molecular flexibility index (Phi) is 3.33. The molecule has 2 aromatic rings. The minimum Gasteiger partial charge on any atom is -0.340 e. The highest BCUT2D eigenvalue weighted by molar-refractivity contribution is 7.07. The molecular weight excluding hydrogens is 260 g/mol. The van der Waals surface area contributed by atoms with Crippen LogP contribution in [0.25, 0.3) is 0 Å². The molecule has 2 aromatic heterocycles. The predicted octanol–water partition coefficient (Wildman–Crippen LogP) is 1.67. The van der Waals surface area contributed by atoms with Crippen molar-refractivity contribution in [1.82, 2.24) is 19.4 Å². The highest BCUT2D eigenvalue weighted by atomic mass is 32.1. The van der Waals surface area contributed by atoms with E-state index in [0.29, 0.717) is 11.6 Å². The second-order valence-corrected chi connectivity index (χ2v) is 5.67. The van der Waals surface area contributed by atoms with Crippen molar-refractivity contribution >= 4 is 17.2 Å². The summed E-state index contributed by atoms with van der Waals surface area (Å²) >= 11 is 1.45. The molecule has 1 amide bonds. The van der Waals surface area contributed by atoms with Crippen molar-refractivity contribution in [3.05, 3.63) is 34.8 Å². The summed E-state index contributed by atoms with van der Waals surface area (Å²) in [6.07, 6.45) is 5.91. The molecule has 0 aliphatic carbocycles. The minimum atomic E-state index is 0.00941. The topological polar surface area (TPSA) is 51.0 Å². The fraction of sp³-hybridized carbons (Fsp3) is 0.462. The second kappa shape index (κ2) is 5.13. The first kappa shape index (κ1) is 12.3. The first-order valence-electron chi connectivity index (χ1n) is 6.37.